The maximum atomic E-state index is 4.70. The smallest absolute Gasteiger partial charge is 0.224 e. The molecule has 25 heavy (non-hydrogen) atoms. The molecule has 0 spiro atoms. The number of fused-ring (bicyclic) bond motifs is 5. The van der Waals surface area contributed by atoms with Gasteiger partial charge in [-0.2, -0.15) is 0 Å². The Hall–Kier alpha value is -3.20. The summed E-state index contributed by atoms with van der Waals surface area (Å²) in [6.45, 7) is 2.21. The van der Waals surface area contributed by atoms with E-state index in [9.17, 15) is 0 Å². The van der Waals surface area contributed by atoms with Gasteiger partial charge in [0, 0.05) is 17.6 Å². The fraction of sp³-hybridized carbons (Fsp3) is 0.0909. The summed E-state index contributed by atoms with van der Waals surface area (Å²) < 4.78 is 4.65. The zero-order valence-corrected chi connectivity index (χ0v) is 14.1. The van der Waals surface area contributed by atoms with Gasteiger partial charge in [0.05, 0.1) is 32.8 Å². The third-order valence-electron chi connectivity index (χ3n) is 5.51. The fourth-order valence-electron chi connectivity index (χ4n) is 4.45. The first kappa shape index (κ1) is 13.1. The normalized spacial score (nSPS) is 12.4. The van der Waals surface area contributed by atoms with Crippen LogP contribution in [0.5, 0.6) is 0 Å². The van der Waals surface area contributed by atoms with Crippen LogP contribution in [0.4, 0.5) is 0 Å². The molecular formula is C22H16N3+. The zero-order chi connectivity index (χ0) is 16.7. The Balaban J connectivity index is 2.18. The molecule has 0 saturated carbocycles. The Morgan fingerprint density at radius 2 is 1.80 bits per heavy atom. The van der Waals surface area contributed by atoms with Crippen LogP contribution in [0.15, 0.2) is 60.9 Å². The molecule has 3 heteroatoms. The van der Waals surface area contributed by atoms with Crippen molar-refractivity contribution >= 4 is 49.1 Å². The van der Waals surface area contributed by atoms with Crippen LogP contribution in [0.3, 0.4) is 0 Å². The number of rotatable bonds is 0. The average Bonchev–Trinajstić information content (AvgIpc) is 2.97. The van der Waals surface area contributed by atoms with E-state index < -0.39 is 0 Å². The molecule has 6 aromatic rings. The van der Waals surface area contributed by atoms with Crippen molar-refractivity contribution in [2.24, 2.45) is 7.05 Å². The summed E-state index contributed by atoms with van der Waals surface area (Å²) in [5, 5.41) is 5.14. The van der Waals surface area contributed by atoms with Gasteiger partial charge in [-0.25, -0.2) is 4.57 Å². The minimum atomic E-state index is 1.08. The highest BCUT2D eigenvalue weighted by atomic mass is 15.0. The Labute approximate surface area is 144 Å². The molecule has 0 radical (unpaired) electrons. The Morgan fingerprint density at radius 1 is 0.920 bits per heavy atom. The van der Waals surface area contributed by atoms with Crippen LogP contribution in [0.2, 0.25) is 0 Å². The summed E-state index contributed by atoms with van der Waals surface area (Å²) >= 11 is 0. The summed E-state index contributed by atoms with van der Waals surface area (Å²) in [5.41, 5.74) is 7.37. The molecule has 2 aromatic carbocycles. The highest BCUT2D eigenvalue weighted by molar-refractivity contribution is 6.25. The van der Waals surface area contributed by atoms with Crippen LogP contribution in [0.1, 0.15) is 5.56 Å². The number of aryl methyl sites for hydroxylation is 2. The molecule has 0 atom stereocenters. The van der Waals surface area contributed by atoms with Gasteiger partial charge in [-0.05, 0) is 36.1 Å². The van der Waals surface area contributed by atoms with E-state index in [1.165, 1.54) is 49.2 Å². The summed E-state index contributed by atoms with van der Waals surface area (Å²) in [5.74, 6) is 0. The number of benzene rings is 2. The number of aromatic nitrogens is 3. The van der Waals surface area contributed by atoms with Crippen molar-refractivity contribution < 1.29 is 4.57 Å². The monoisotopic (exact) mass is 322 g/mol. The van der Waals surface area contributed by atoms with Gasteiger partial charge >= 0.3 is 0 Å². The molecule has 4 heterocycles. The number of nitrogens with zero attached hydrogens (tertiary/aromatic N) is 3. The Kier molecular flexibility index (Phi) is 2.23. The molecule has 0 N–H and O–H groups in total. The van der Waals surface area contributed by atoms with Crippen molar-refractivity contribution in [2.45, 2.75) is 6.92 Å². The maximum absolute atomic E-state index is 4.70. The van der Waals surface area contributed by atoms with Gasteiger partial charge < -0.3 is 4.40 Å². The quantitative estimate of drug-likeness (QED) is 0.229. The van der Waals surface area contributed by atoms with E-state index in [0.717, 1.165) is 5.52 Å². The Morgan fingerprint density at radius 3 is 2.72 bits per heavy atom. The zero-order valence-electron chi connectivity index (χ0n) is 14.1. The van der Waals surface area contributed by atoms with E-state index in [2.05, 4.69) is 71.6 Å². The van der Waals surface area contributed by atoms with Gasteiger partial charge in [0.2, 0.25) is 5.52 Å². The van der Waals surface area contributed by atoms with Gasteiger partial charge in [-0.3, -0.25) is 4.98 Å². The second-order valence-electron chi connectivity index (χ2n) is 6.88. The lowest BCUT2D eigenvalue weighted by molar-refractivity contribution is -0.643. The van der Waals surface area contributed by atoms with Crippen molar-refractivity contribution in [3.63, 3.8) is 0 Å². The lowest BCUT2D eigenvalue weighted by atomic mass is 10.0. The molecule has 3 nitrogen and oxygen atoms in total. The summed E-state index contributed by atoms with van der Waals surface area (Å²) in [4.78, 5) is 4.70. The van der Waals surface area contributed by atoms with Crippen molar-refractivity contribution in [3.8, 4) is 0 Å². The second-order valence-corrected chi connectivity index (χ2v) is 6.88. The summed E-state index contributed by atoms with van der Waals surface area (Å²) in [6.07, 6.45) is 4.05. The molecule has 0 bridgehead atoms. The molecule has 0 aliphatic heterocycles. The lowest BCUT2D eigenvalue weighted by Crippen LogP contribution is -2.28. The highest BCUT2D eigenvalue weighted by Crippen LogP contribution is 2.39. The third kappa shape index (κ3) is 1.43. The highest BCUT2D eigenvalue weighted by Gasteiger charge is 2.23. The van der Waals surface area contributed by atoms with Crippen molar-refractivity contribution in [3.05, 3.63) is 66.5 Å². The van der Waals surface area contributed by atoms with E-state index >= 15 is 0 Å². The van der Waals surface area contributed by atoms with Gasteiger partial charge in [0.1, 0.15) is 7.05 Å². The van der Waals surface area contributed by atoms with Gasteiger partial charge in [0.25, 0.3) is 0 Å². The molecule has 118 valence electrons. The molecule has 0 aliphatic rings. The first-order valence-corrected chi connectivity index (χ1v) is 8.56. The average molecular weight is 322 g/mol. The lowest BCUT2D eigenvalue weighted by Gasteiger charge is -2.12. The number of hydrogen-bond acceptors (Lipinski definition) is 1. The van der Waals surface area contributed by atoms with E-state index in [1.807, 2.05) is 12.3 Å². The van der Waals surface area contributed by atoms with Crippen LogP contribution in [0, 0.1) is 6.92 Å². The number of pyridine rings is 3. The summed E-state index contributed by atoms with van der Waals surface area (Å²) in [7, 11) is 2.14. The molecular weight excluding hydrogens is 306 g/mol. The van der Waals surface area contributed by atoms with Gasteiger partial charge in [-0.15, -0.1) is 0 Å². The first-order chi connectivity index (χ1) is 12.3. The van der Waals surface area contributed by atoms with Crippen molar-refractivity contribution in [2.75, 3.05) is 0 Å². The van der Waals surface area contributed by atoms with Crippen LogP contribution in [-0.2, 0) is 7.05 Å². The van der Waals surface area contributed by atoms with E-state index in [4.69, 9.17) is 4.98 Å². The van der Waals surface area contributed by atoms with E-state index in [1.54, 1.807) is 0 Å². The minimum Gasteiger partial charge on any atom is -0.306 e. The van der Waals surface area contributed by atoms with Crippen LogP contribution >= 0.6 is 0 Å². The van der Waals surface area contributed by atoms with E-state index in [-0.39, 0.29) is 0 Å². The predicted octanol–water partition coefficient (Wildman–Crippen LogP) is 4.52. The topological polar surface area (TPSA) is 21.2 Å². The third-order valence-corrected chi connectivity index (χ3v) is 5.51. The minimum absolute atomic E-state index is 1.08. The molecule has 0 aliphatic carbocycles. The summed E-state index contributed by atoms with van der Waals surface area (Å²) in [6, 6.07) is 17.4. The molecule has 6 rings (SSSR count). The largest absolute Gasteiger partial charge is 0.306 e. The van der Waals surface area contributed by atoms with E-state index in [0.29, 0.717) is 0 Å². The molecule has 4 aromatic heterocycles. The van der Waals surface area contributed by atoms with Crippen LogP contribution < -0.4 is 4.57 Å². The Bertz CT molecular complexity index is 1460. The second kappa shape index (κ2) is 4.25. The molecule has 0 saturated heterocycles. The van der Waals surface area contributed by atoms with Crippen molar-refractivity contribution in [1.29, 1.82) is 0 Å². The standard InChI is InChI=1S/C22H16N3/c1-13-8-9-15-20-17(7-4-11-23-20)25-16-6-3-5-14-10-12-24(2)22(19(14)16)18(13)21(15)25/h3-12H,1-2H3/q+1. The van der Waals surface area contributed by atoms with Crippen molar-refractivity contribution in [1.82, 2.24) is 9.38 Å². The van der Waals surface area contributed by atoms with Crippen LogP contribution in [-0.4, -0.2) is 9.38 Å². The fourth-order valence-corrected chi connectivity index (χ4v) is 4.45. The number of hydrogen-bond donors (Lipinski definition) is 0. The van der Waals surface area contributed by atoms with Gasteiger partial charge in [0.15, 0.2) is 6.20 Å². The van der Waals surface area contributed by atoms with Gasteiger partial charge in [-0.1, -0.05) is 24.3 Å². The maximum Gasteiger partial charge on any atom is 0.224 e. The SMILES string of the molecule is Cc1ccc2c3ncccc3n3c4cccc5cc[n+](C)c(c1c23)c54. The first-order valence-electron chi connectivity index (χ1n) is 8.56. The molecule has 0 fully saturated rings. The molecule has 0 unspecified atom stereocenters. The predicted molar refractivity (Wildman–Crippen MR) is 102 cm³/mol. The van der Waals surface area contributed by atoms with Crippen LogP contribution in [0.25, 0.3) is 49.1 Å². The molecule has 0 amide bonds.